The molecule has 0 saturated carbocycles. The lowest BCUT2D eigenvalue weighted by Crippen LogP contribution is -1.95. The zero-order valence-corrected chi connectivity index (χ0v) is 7.55. The van der Waals surface area contributed by atoms with Gasteiger partial charge in [-0.1, -0.05) is 0 Å². The molecule has 1 aromatic heterocycles. The number of aromatic nitrogens is 1. The summed E-state index contributed by atoms with van der Waals surface area (Å²) < 4.78 is 24.5. The molecule has 0 amide bonds. The number of pyridine rings is 1. The van der Waals surface area contributed by atoms with Crippen molar-refractivity contribution in [1.29, 1.82) is 0 Å². The van der Waals surface area contributed by atoms with Crippen molar-refractivity contribution >= 4 is 28.4 Å². The predicted octanol–water partition coefficient (Wildman–Crippen LogP) is 2.21. The molecule has 1 heterocycles. The summed E-state index contributed by atoms with van der Waals surface area (Å²) in [6, 6.07) is 1.33. The van der Waals surface area contributed by atoms with Crippen molar-refractivity contribution in [2.75, 3.05) is 5.73 Å². The van der Waals surface area contributed by atoms with Crippen molar-refractivity contribution in [3.63, 3.8) is 0 Å². The summed E-state index contributed by atoms with van der Waals surface area (Å²) in [5, 5.41) is 0. The van der Waals surface area contributed by atoms with Gasteiger partial charge < -0.3 is 5.73 Å². The first-order valence-electron chi connectivity index (χ1n) is 2.80. The van der Waals surface area contributed by atoms with Crippen molar-refractivity contribution in [2.45, 2.75) is 6.43 Å². The highest BCUT2D eigenvalue weighted by Crippen LogP contribution is 2.21. The minimum Gasteiger partial charge on any atom is -0.383 e. The summed E-state index contributed by atoms with van der Waals surface area (Å²) in [7, 11) is 0. The van der Waals surface area contributed by atoms with Gasteiger partial charge in [0, 0.05) is 11.8 Å². The summed E-state index contributed by atoms with van der Waals surface area (Å²) in [4.78, 5) is 3.59. The topological polar surface area (TPSA) is 38.9 Å². The summed E-state index contributed by atoms with van der Waals surface area (Å²) >= 11 is 1.86. The van der Waals surface area contributed by atoms with Gasteiger partial charge in [-0.15, -0.1) is 0 Å². The monoisotopic (exact) mass is 270 g/mol. The fourth-order valence-electron chi connectivity index (χ4n) is 0.583. The molecule has 60 valence electrons. The highest BCUT2D eigenvalue weighted by atomic mass is 127. The molecule has 1 aromatic rings. The van der Waals surface area contributed by atoms with Crippen LogP contribution in [0.5, 0.6) is 0 Å². The molecule has 0 saturated heterocycles. The Hall–Kier alpha value is -0.460. The molecule has 0 radical (unpaired) electrons. The minimum absolute atomic E-state index is 0.0939. The molecule has 0 fully saturated rings. The Labute approximate surface area is 75.9 Å². The molecule has 0 atom stereocenters. The van der Waals surface area contributed by atoms with Crippen LogP contribution in [-0.4, -0.2) is 4.98 Å². The largest absolute Gasteiger partial charge is 0.383 e. The van der Waals surface area contributed by atoms with Crippen LogP contribution in [0.1, 0.15) is 12.0 Å². The number of anilines is 1. The van der Waals surface area contributed by atoms with Gasteiger partial charge in [0.15, 0.2) is 0 Å². The summed E-state index contributed by atoms with van der Waals surface area (Å²) in [6.07, 6.45) is -1.39. The van der Waals surface area contributed by atoms with Crippen LogP contribution in [0, 0.1) is 3.57 Å². The SMILES string of the molecule is Nc1ncc(C(F)F)cc1I. The van der Waals surface area contributed by atoms with E-state index in [0.717, 1.165) is 6.20 Å². The Balaban J connectivity index is 3.05. The molecule has 0 aliphatic carbocycles. The first-order chi connectivity index (χ1) is 5.11. The number of nitrogens with zero attached hydrogens (tertiary/aromatic N) is 1. The molecular formula is C6H5F2IN2. The second-order valence-electron chi connectivity index (χ2n) is 1.94. The van der Waals surface area contributed by atoms with Gasteiger partial charge in [0.25, 0.3) is 6.43 Å². The van der Waals surface area contributed by atoms with E-state index in [1.807, 2.05) is 22.6 Å². The smallest absolute Gasteiger partial charge is 0.265 e. The maximum absolute atomic E-state index is 12.0. The number of nitrogens with two attached hydrogens (primary N) is 1. The summed E-state index contributed by atoms with van der Waals surface area (Å²) in [5.41, 5.74) is 5.23. The second kappa shape index (κ2) is 3.29. The Bertz CT molecular complexity index is 265. The quantitative estimate of drug-likeness (QED) is 0.794. The van der Waals surface area contributed by atoms with Crippen LogP contribution >= 0.6 is 22.6 Å². The van der Waals surface area contributed by atoms with Crippen molar-refractivity contribution in [2.24, 2.45) is 0 Å². The maximum Gasteiger partial charge on any atom is 0.265 e. The molecule has 2 N–H and O–H groups in total. The third kappa shape index (κ3) is 1.98. The van der Waals surface area contributed by atoms with Crippen molar-refractivity contribution in [3.8, 4) is 0 Å². The lowest BCUT2D eigenvalue weighted by Gasteiger charge is -2.00. The first kappa shape index (κ1) is 8.63. The average Bonchev–Trinajstić information content (AvgIpc) is 1.94. The second-order valence-corrected chi connectivity index (χ2v) is 3.10. The molecule has 1 rings (SSSR count). The van der Waals surface area contributed by atoms with Gasteiger partial charge in [-0.25, -0.2) is 13.8 Å². The van der Waals surface area contributed by atoms with Gasteiger partial charge in [0.05, 0.1) is 3.57 Å². The number of alkyl halides is 2. The first-order valence-corrected chi connectivity index (χ1v) is 3.88. The van der Waals surface area contributed by atoms with Crippen molar-refractivity contribution < 1.29 is 8.78 Å². The zero-order chi connectivity index (χ0) is 8.43. The van der Waals surface area contributed by atoms with E-state index >= 15 is 0 Å². The van der Waals surface area contributed by atoms with Crippen LogP contribution in [0.25, 0.3) is 0 Å². The van der Waals surface area contributed by atoms with Crippen LogP contribution < -0.4 is 5.73 Å². The lowest BCUT2D eigenvalue weighted by molar-refractivity contribution is 0.151. The molecule has 0 spiro atoms. The van der Waals surface area contributed by atoms with Gasteiger partial charge in [-0.3, -0.25) is 0 Å². The van der Waals surface area contributed by atoms with Crippen molar-refractivity contribution in [3.05, 3.63) is 21.4 Å². The standard InChI is InChI=1S/C6H5F2IN2/c7-5(8)3-1-4(9)6(10)11-2-3/h1-2,5H,(H2,10,11). The van der Waals surface area contributed by atoms with Gasteiger partial charge >= 0.3 is 0 Å². The average molecular weight is 270 g/mol. The van der Waals surface area contributed by atoms with E-state index in [4.69, 9.17) is 5.73 Å². The highest BCUT2D eigenvalue weighted by molar-refractivity contribution is 14.1. The van der Waals surface area contributed by atoms with E-state index < -0.39 is 6.43 Å². The third-order valence-electron chi connectivity index (χ3n) is 1.14. The van der Waals surface area contributed by atoms with E-state index in [1.165, 1.54) is 6.07 Å². The summed E-state index contributed by atoms with van der Waals surface area (Å²) in [5.74, 6) is 0.287. The number of hydrogen-bond donors (Lipinski definition) is 1. The van der Waals surface area contributed by atoms with Gasteiger partial charge in [0.1, 0.15) is 5.82 Å². The molecule has 2 nitrogen and oxygen atoms in total. The van der Waals surface area contributed by atoms with Crippen LogP contribution in [0.4, 0.5) is 14.6 Å². The fraction of sp³-hybridized carbons (Fsp3) is 0.167. The Kier molecular flexibility index (Phi) is 2.58. The lowest BCUT2D eigenvalue weighted by atomic mass is 10.3. The summed E-state index contributed by atoms with van der Waals surface area (Å²) in [6.45, 7) is 0. The molecule has 0 unspecified atom stereocenters. The molecule has 11 heavy (non-hydrogen) atoms. The minimum atomic E-state index is -2.48. The van der Waals surface area contributed by atoms with Crippen LogP contribution in [0.15, 0.2) is 12.3 Å². The van der Waals surface area contributed by atoms with Crippen LogP contribution in [-0.2, 0) is 0 Å². The molecule has 0 aliphatic heterocycles. The maximum atomic E-state index is 12.0. The predicted molar refractivity (Wildman–Crippen MR) is 46.3 cm³/mol. The van der Waals surface area contributed by atoms with E-state index in [2.05, 4.69) is 4.98 Å². The zero-order valence-electron chi connectivity index (χ0n) is 5.39. The van der Waals surface area contributed by atoms with E-state index in [1.54, 1.807) is 0 Å². The highest BCUT2D eigenvalue weighted by Gasteiger charge is 2.08. The Morgan fingerprint density at radius 2 is 2.18 bits per heavy atom. The normalized spacial score (nSPS) is 10.5. The number of hydrogen-bond acceptors (Lipinski definition) is 2. The molecule has 5 heteroatoms. The van der Waals surface area contributed by atoms with Gasteiger partial charge in [-0.05, 0) is 28.7 Å². The number of nitrogen functional groups attached to an aromatic ring is 1. The van der Waals surface area contributed by atoms with E-state index in [-0.39, 0.29) is 11.4 Å². The number of halogens is 3. The third-order valence-corrected chi connectivity index (χ3v) is 2.01. The Morgan fingerprint density at radius 1 is 1.55 bits per heavy atom. The molecule has 0 aromatic carbocycles. The molecule has 0 aliphatic rings. The molecule has 0 bridgehead atoms. The molecular weight excluding hydrogens is 265 g/mol. The van der Waals surface area contributed by atoms with E-state index in [0.29, 0.717) is 3.57 Å². The van der Waals surface area contributed by atoms with Crippen LogP contribution in [0.3, 0.4) is 0 Å². The Morgan fingerprint density at radius 3 is 2.64 bits per heavy atom. The van der Waals surface area contributed by atoms with Crippen molar-refractivity contribution in [1.82, 2.24) is 4.98 Å². The van der Waals surface area contributed by atoms with Crippen LogP contribution in [0.2, 0.25) is 0 Å². The van der Waals surface area contributed by atoms with Gasteiger partial charge in [-0.2, -0.15) is 0 Å². The number of rotatable bonds is 1. The fourth-order valence-corrected chi connectivity index (χ4v) is 1.08. The van der Waals surface area contributed by atoms with E-state index in [9.17, 15) is 8.78 Å². The van der Waals surface area contributed by atoms with Gasteiger partial charge in [0.2, 0.25) is 0 Å².